The van der Waals surface area contributed by atoms with Gasteiger partial charge in [0.25, 0.3) is 0 Å². The lowest BCUT2D eigenvalue weighted by molar-refractivity contribution is -0.125. The number of para-hydroxylation sites is 1. The maximum Gasteiger partial charge on any atom is 0.242 e. The number of hydrogen-bond donors (Lipinski definition) is 2. The van der Waals surface area contributed by atoms with Crippen LogP contribution in [0.5, 0.6) is 5.75 Å². The monoisotopic (exact) mass is 360 g/mol. The van der Waals surface area contributed by atoms with Crippen molar-refractivity contribution in [3.05, 3.63) is 29.8 Å². The number of nitrogens with one attached hydrogen (secondary N) is 2. The van der Waals surface area contributed by atoms with Crippen molar-refractivity contribution in [3.63, 3.8) is 0 Å². The highest BCUT2D eigenvalue weighted by Crippen LogP contribution is 2.34. The van der Waals surface area contributed by atoms with Crippen LogP contribution in [0.2, 0.25) is 0 Å². The van der Waals surface area contributed by atoms with E-state index in [4.69, 9.17) is 4.74 Å². The molecule has 0 saturated carbocycles. The van der Waals surface area contributed by atoms with Gasteiger partial charge in [-0.15, -0.1) is 12.4 Å². The van der Waals surface area contributed by atoms with Crippen molar-refractivity contribution < 1.29 is 17.9 Å². The summed E-state index contributed by atoms with van der Waals surface area (Å²) in [6.07, 6.45) is 1.75. The molecule has 0 aliphatic carbocycles. The predicted octanol–water partition coefficient (Wildman–Crippen LogP) is 0.825. The van der Waals surface area contributed by atoms with Gasteiger partial charge in [0.1, 0.15) is 12.4 Å². The molecule has 23 heavy (non-hydrogen) atoms. The van der Waals surface area contributed by atoms with Crippen LogP contribution >= 0.6 is 12.4 Å². The minimum absolute atomic E-state index is 0. The lowest BCUT2D eigenvalue weighted by Gasteiger charge is -2.35. The Bertz CT molecular complexity index is 686. The zero-order valence-corrected chi connectivity index (χ0v) is 14.5. The molecule has 2 heterocycles. The van der Waals surface area contributed by atoms with E-state index < -0.39 is 20.5 Å². The number of amides is 1. The molecule has 0 radical (unpaired) electrons. The molecular formula is C15H21ClN2O4S. The summed E-state index contributed by atoms with van der Waals surface area (Å²) in [5, 5.41) is 5.99. The van der Waals surface area contributed by atoms with Crippen molar-refractivity contribution in [1.29, 1.82) is 0 Å². The molecule has 1 aromatic rings. The Kier molecular flexibility index (Phi) is 5.23. The summed E-state index contributed by atoms with van der Waals surface area (Å²) in [5.41, 5.74) is 0.897. The number of sulfone groups is 1. The Morgan fingerprint density at radius 3 is 2.61 bits per heavy atom. The van der Waals surface area contributed by atoms with Crippen molar-refractivity contribution in [2.24, 2.45) is 0 Å². The fraction of sp³-hybridized carbons (Fsp3) is 0.533. The molecule has 2 aliphatic rings. The third-order valence-corrected chi connectivity index (χ3v) is 6.55. The fourth-order valence-electron chi connectivity index (χ4n) is 3.17. The van der Waals surface area contributed by atoms with Gasteiger partial charge in [-0.3, -0.25) is 4.79 Å². The molecule has 1 unspecified atom stereocenters. The average Bonchev–Trinajstić information content (AvgIpc) is 2.90. The van der Waals surface area contributed by atoms with E-state index in [9.17, 15) is 13.2 Å². The minimum atomic E-state index is -3.50. The van der Waals surface area contributed by atoms with Gasteiger partial charge in [-0.1, -0.05) is 18.2 Å². The second-order valence-corrected chi connectivity index (χ2v) is 8.22. The van der Waals surface area contributed by atoms with Gasteiger partial charge in [0.15, 0.2) is 14.6 Å². The summed E-state index contributed by atoms with van der Waals surface area (Å²) >= 11 is 0. The highest BCUT2D eigenvalue weighted by atomic mass is 35.5. The molecular weight excluding hydrogens is 340 g/mol. The summed E-state index contributed by atoms with van der Waals surface area (Å²) in [6.45, 7) is 1.39. The molecule has 3 rings (SSSR count). The van der Waals surface area contributed by atoms with E-state index in [1.165, 1.54) is 0 Å². The summed E-state index contributed by atoms with van der Waals surface area (Å²) in [4.78, 5) is 12.8. The number of rotatable bonds is 3. The van der Waals surface area contributed by atoms with Gasteiger partial charge in [-0.25, -0.2) is 8.42 Å². The van der Waals surface area contributed by atoms with Gasteiger partial charge in [-0.05, 0) is 32.0 Å². The first-order valence-electron chi connectivity index (χ1n) is 7.37. The molecule has 1 fully saturated rings. The van der Waals surface area contributed by atoms with Gasteiger partial charge in [0.05, 0.1) is 6.04 Å². The number of fused-ring (bicyclic) bond motifs is 1. The molecule has 8 heteroatoms. The Morgan fingerprint density at radius 1 is 1.30 bits per heavy atom. The predicted molar refractivity (Wildman–Crippen MR) is 89.7 cm³/mol. The quantitative estimate of drug-likeness (QED) is 0.833. The van der Waals surface area contributed by atoms with Crippen LogP contribution in [0.1, 0.15) is 24.4 Å². The zero-order chi connectivity index (χ0) is 15.8. The normalized spacial score (nSPS) is 22.4. The van der Waals surface area contributed by atoms with E-state index in [0.29, 0.717) is 32.5 Å². The lowest BCUT2D eigenvalue weighted by Crippen LogP contribution is -2.57. The molecule has 0 spiro atoms. The molecule has 1 saturated heterocycles. The van der Waals surface area contributed by atoms with Crippen LogP contribution in [0.15, 0.2) is 24.3 Å². The SMILES string of the molecule is CS(=O)(=O)C1(C(=O)NC2COc3ccccc32)CCNCC1.Cl. The Balaban J connectivity index is 0.00000192. The first kappa shape index (κ1) is 18.0. The van der Waals surface area contributed by atoms with E-state index in [2.05, 4.69) is 10.6 Å². The second kappa shape index (κ2) is 6.67. The molecule has 1 atom stereocenters. The highest BCUT2D eigenvalue weighted by molar-refractivity contribution is 7.92. The lowest BCUT2D eigenvalue weighted by atomic mass is 9.95. The number of carbonyl (C=O) groups excluding carboxylic acids is 1. The van der Waals surface area contributed by atoms with Crippen LogP contribution in [-0.4, -0.2) is 45.0 Å². The van der Waals surface area contributed by atoms with Crippen LogP contribution in [0, 0.1) is 0 Å². The largest absolute Gasteiger partial charge is 0.491 e. The third-order valence-electron chi connectivity index (χ3n) is 4.54. The van der Waals surface area contributed by atoms with E-state index in [1.54, 1.807) is 0 Å². The van der Waals surface area contributed by atoms with Crippen molar-refractivity contribution in [2.75, 3.05) is 26.0 Å². The molecule has 1 amide bonds. The standard InChI is InChI=1S/C15H20N2O4S.ClH/c1-22(19,20)15(6-8-16-9-7-15)14(18)17-12-10-21-13-5-3-2-4-11(12)13;/h2-5,12,16H,6-10H2,1H3,(H,17,18);1H. The van der Waals surface area contributed by atoms with E-state index >= 15 is 0 Å². The minimum Gasteiger partial charge on any atom is -0.491 e. The summed E-state index contributed by atoms with van der Waals surface area (Å²) in [7, 11) is -3.50. The zero-order valence-electron chi connectivity index (χ0n) is 12.9. The average molecular weight is 361 g/mol. The highest BCUT2D eigenvalue weighted by Gasteiger charge is 2.49. The number of benzene rings is 1. The molecule has 2 N–H and O–H groups in total. The van der Waals surface area contributed by atoms with Crippen LogP contribution in [-0.2, 0) is 14.6 Å². The number of carbonyl (C=O) groups is 1. The van der Waals surface area contributed by atoms with Gasteiger partial charge < -0.3 is 15.4 Å². The fourth-order valence-corrected chi connectivity index (χ4v) is 4.51. The molecule has 2 aliphatic heterocycles. The van der Waals surface area contributed by atoms with Gasteiger partial charge in [0.2, 0.25) is 5.91 Å². The first-order chi connectivity index (χ1) is 10.4. The van der Waals surface area contributed by atoms with E-state index in [0.717, 1.165) is 17.6 Å². The number of hydrogen-bond acceptors (Lipinski definition) is 5. The Labute approximate surface area is 142 Å². The molecule has 0 bridgehead atoms. The van der Waals surface area contributed by atoms with Crippen molar-refractivity contribution >= 4 is 28.2 Å². The number of halogens is 1. The van der Waals surface area contributed by atoms with Crippen LogP contribution in [0.4, 0.5) is 0 Å². The van der Waals surface area contributed by atoms with Gasteiger partial charge >= 0.3 is 0 Å². The van der Waals surface area contributed by atoms with Crippen LogP contribution in [0.3, 0.4) is 0 Å². The third kappa shape index (κ3) is 3.18. The Morgan fingerprint density at radius 2 is 1.96 bits per heavy atom. The Hall–Kier alpha value is -1.31. The molecule has 1 aromatic carbocycles. The van der Waals surface area contributed by atoms with Gasteiger partial charge in [-0.2, -0.15) is 0 Å². The molecule has 0 aromatic heterocycles. The summed E-state index contributed by atoms with van der Waals surface area (Å²) in [5.74, 6) is 0.327. The molecule has 6 nitrogen and oxygen atoms in total. The smallest absolute Gasteiger partial charge is 0.242 e. The molecule has 128 valence electrons. The second-order valence-electron chi connectivity index (χ2n) is 5.89. The van der Waals surface area contributed by atoms with Crippen molar-refractivity contribution in [1.82, 2.24) is 10.6 Å². The van der Waals surface area contributed by atoms with Crippen LogP contribution in [0.25, 0.3) is 0 Å². The van der Waals surface area contributed by atoms with E-state index in [1.807, 2.05) is 24.3 Å². The summed E-state index contributed by atoms with van der Waals surface area (Å²) in [6, 6.07) is 7.19. The van der Waals surface area contributed by atoms with Crippen molar-refractivity contribution in [2.45, 2.75) is 23.6 Å². The number of piperidine rings is 1. The maximum absolute atomic E-state index is 12.8. The maximum atomic E-state index is 12.8. The van der Waals surface area contributed by atoms with E-state index in [-0.39, 0.29) is 18.4 Å². The van der Waals surface area contributed by atoms with Crippen molar-refractivity contribution in [3.8, 4) is 5.75 Å². The number of ether oxygens (including phenoxy) is 1. The van der Waals surface area contributed by atoms with Gasteiger partial charge in [0, 0.05) is 11.8 Å². The van der Waals surface area contributed by atoms with Crippen LogP contribution < -0.4 is 15.4 Å². The topological polar surface area (TPSA) is 84.5 Å². The summed E-state index contributed by atoms with van der Waals surface area (Å²) < 4.78 is 28.7. The first-order valence-corrected chi connectivity index (χ1v) is 9.26.